The second-order valence-corrected chi connectivity index (χ2v) is 4.40. The van der Waals surface area contributed by atoms with Crippen LogP contribution in [0.1, 0.15) is 19.3 Å². The molecule has 17 heavy (non-hydrogen) atoms. The van der Waals surface area contributed by atoms with Crippen molar-refractivity contribution in [2.75, 3.05) is 5.32 Å². The molecule has 1 aromatic carbocycles. The zero-order valence-electron chi connectivity index (χ0n) is 9.36. The first-order valence-electron chi connectivity index (χ1n) is 5.82. The van der Waals surface area contributed by atoms with Gasteiger partial charge in [-0.15, -0.1) is 0 Å². The summed E-state index contributed by atoms with van der Waals surface area (Å²) < 4.78 is 0. The highest BCUT2D eigenvalue weighted by molar-refractivity contribution is 5.92. The van der Waals surface area contributed by atoms with Crippen molar-refractivity contribution in [1.82, 2.24) is 15.5 Å². The molecule has 1 saturated carbocycles. The van der Waals surface area contributed by atoms with E-state index < -0.39 is 0 Å². The maximum absolute atomic E-state index is 11.6. The van der Waals surface area contributed by atoms with Gasteiger partial charge < -0.3 is 10.6 Å². The quantitative estimate of drug-likeness (QED) is 0.740. The van der Waals surface area contributed by atoms with Gasteiger partial charge >= 0.3 is 6.03 Å². The molecule has 1 aliphatic rings. The fraction of sp³-hybridized carbons (Fsp3) is 0.333. The first kappa shape index (κ1) is 10.1. The van der Waals surface area contributed by atoms with E-state index in [2.05, 4.69) is 20.8 Å². The number of carbonyl (C=O) groups is 1. The summed E-state index contributed by atoms with van der Waals surface area (Å²) in [4.78, 5) is 11.6. The Kier molecular flexibility index (Phi) is 2.44. The molecule has 1 fully saturated rings. The molecule has 5 nitrogen and oxygen atoms in total. The maximum Gasteiger partial charge on any atom is 0.319 e. The molecule has 2 aromatic rings. The summed E-state index contributed by atoms with van der Waals surface area (Å²) >= 11 is 0. The minimum Gasteiger partial charge on any atom is -0.335 e. The monoisotopic (exact) mass is 230 g/mol. The highest BCUT2D eigenvalue weighted by Crippen LogP contribution is 2.19. The SMILES string of the molecule is O=C(Nc1ccc2cn[nH]c2c1)NC1CCC1. The summed E-state index contributed by atoms with van der Waals surface area (Å²) in [6.07, 6.45) is 5.15. The van der Waals surface area contributed by atoms with Crippen LogP contribution in [0.3, 0.4) is 0 Å². The Labute approximate surface area is 98.6 Å². The van der Waals surface area contributed by atoms with Gasteiger partial charge in [0.15, 0.2) is 0 Å². The van der Waals surface area contributed by atoms with Crippen molar-refractivity contribution in [2.45, 2.75) is 25.3 Å². The van der Waals surface area contributed by atoms with Gasteiger partial charge in [0.2, 0.25) is 0 Å². The first-order valence-corrected chi connectivity index (χ1v) is 5.82. The van der Waals surface area contributed by atoms with Gasteiger partial charge in [-0.3, -0.25) is 5.10 Å². The van der Waals surface area contributed by atoms with Gasteiger partial charge in [-0.2, -0.15) is 5.10 Å². The molecule has 0 atom stereocenters. The molecule has 3 N–H and O–H groups in total. The second-order valence-electron chi connectivity index (χ2n) is 4.40. The Bertz CT molecular complexity index is 544. The number of aromatic nitrogens is 2. The Hall–Kier alpha value is -2.04. The number of amides is 2. The lowest BCUT2D eigenvalue weighted by atomic mass is 9.93. The summed E-state index contributed by atoms with van der Waals surface area (Å²) in [5.41, 5.74) is 1.70. The van der Waals surface area contributed by atoms with Crippen molar-refractivity contribution in [3.8, 4) is 0 Å². The van der Waals surface area contributed by atoms with Crippen LogP contribution in [0.25, 0.3) is 10.9 Å². The number of H-pyrrole nitrogens is 1. The van der Waals surface area contributed by atoms with E-state index >= 15 is 0 Å². The smallest absolute Gasteiger partial charge is 0.319 e. The van der Waals surface area contributed by atoms with Crippen LogP contribution in [0, 0.1) is 0 Å². The lowest BCUT2D eigenvalue weighted by Crippen LogP contribution is -2.41. The van der Waals surface area contributed by atoms with Crippen molar-refractivity contribution in [1.29, 1.82) is 0 Å². The van der Waals surface area contributed by atoms with Gasteiger partial charge in [-0.25, -0.2) is 4.79 Å². The molecular weight excluding hydrogens is 216 g/mol. The van der Waals surface area contributed by atoms with Gasteiger partial charge in [-0.1, -0.05) is 0 Å². The largest absolute Gasteiger partial charge is 0.335 e. The number of aromatic amines is 1. The second kappa shape index (κ2) is 4.08. The van der Waals surface area contributed by atoms with Crippen LogP contribution < -0.4 is 10.6 Å². The number of carbonyl (C=O) groups excluding carboxylic acids is 1. The Balaban J connectivity index is 1.68. The van der Waals surface area contributed by atoms with Crippen LogP contribution in [-0.2, 0) is 0 Å². The van der Waals surface area contributed by atoms with E-state index in [0.717, 1.165) is 29.4 Å². The maximum atomic E-state index is 11.6. The molecule has 2 amide bonds. The molecule has 5 heteroatoms. The molecule has 0 saturated heterocycles. The normalized spacial score (nSPS) is 15.5. The number of nitrogens with one attached hydrogen (secondary N) is 3. The number of anilines is 1. The number of urea groups is 1. The zero-order chi connectivity index (χ0) is 11.7. The number of rotatable bonds is 2. The van der Waals surface area contributed by atoms with Crippen LogP contribution >= 0.6 is 0 Å². The Morgan fingerprint density at radius 2 is 2.29 bits per heavy atom. The summed E-state index contributed by atoms with van der Waals surface area (Å²) in [7, 11) is 0. The zero-order valence-corrected chi connectivity index (χ0v) is 9.36. The van der Waals surface area contributed by atoms with Crippen molar-refractivity contribution >= 4 is 22.6 Å². The van der Waals surface area contributed by atoms with Crippen molar-refractivity contribution in [3.05, 3.63) is 24.4 Å². The van der Waals surface area contributed by atoms with Crippen LogP contribution in [-0.4, -0.2) is 22.3 Å². The number of hydrogen-bond acceptors (Lipinski definition) is 2. The minimum atomic E-state index is -0.131. The Morgan fingerprint density at radius 1 is 1.41 bits per heavy atom. The topological polar surface area (TPSA) is 69.8 Å². The summed E-state index contributed by atoms with van der Waals surface area (Å²) in [6.45, 7) is 0. The van der Waals surface area contributed by atoms with Crippen LogP contribution in [0.5, 0.6) is 0 Å². The number of nitrogens with zero attached hydrogens (tertiary/aromatic N) is 1. The fourth-order valence-electron chi connectivity index (χ4n) is 1.92. The highest BCUT2D eigenvalue weighted by atomic mass is 16.2. The molecule has 0 unspecified atom stereocenters. The molecule has 3 rings (SSSR count). The Morgan fingerprint density at radius 3 is 3.06 bits per heavy atom. The van der Waals surface area contributed by atoms with E-state index in [0.29, 0.717) is 6.04 Å². The van der Waals surface area contributed by atoms with Crippen molar-refractivity contribution in [2.24, 2.45) is 0 Å². The number of benzene rings is 1. The average molecular weight is 230 g/mol. The van der Waals surface area contributed by atoms with E-state index in [1.165, 1.54) is 6.42 Å². The average Bonchev–Trinajstić information content (AvgIpc) is 2.71. The molecule has 0 bridgehead atoms. The lowest BCUT2D eigenvalue weighted by Gasteiger charge is -2.26. The summed E-state index contributed by atoms with van der Waals surface area (Å²) in [6, 6.07) is 5.90. The first-order chi connectivity index (χ1) is 8.31. The van der Waals surface area contributed by atoms with E-state index in [1.807, 2.05) is 18.2 Å². The standard InChI is InChI=1S/C12H14N4O/c17-12(14-9-2-1-3-9)15-10-5-4-8-7-13-16-11(8)6-10/h4-7,9H,1-3H2,(H,13,16)(H2,14,15,17). The fourth-order valence-corrected chi connectivity index (χ4v) is 1.92. The van der Waals surface area contributed by atoms with Gasteiger partial charge in [0.1, 0.15) is 0 Å². The van der Waals surface area contributed by atoms with Gasteiger partial charge in [-0.05, 0) is 37.5 Å². The van der Waals surface area contributed by atoms with Crippen molar-refractivity contribution in [3.63, 3.8) is 0 Å². The molecule has 88 valence electrons. The van der Waals surface area contributed by atoms with Crippen LogP contribution in [0.15, 0.2) is 24.4 Å². The molecule has 0 aliphatic heterocycles. The predicted octanol–water partition coefficient (Wildman–Crippen LogP) is 2.24. The minimum absolute atomic E-state index is 0.131. The molecule has 0 spiro atoms. The van der Waals surface area contributed by atoms with Gasteiger partial charge in [0.05, 0.1) is 11.7 Å². The van der Waals surface area contributed by atoms with E-state index in [4.69, 9.17) is 0 Å². The molecule has 0 radical (unpaired) electrons. The third kappa shape index (κ3) is 2.08. The number of fused-ring (bicyclic) bond motifs is 1. The van der Waals surface area contributed by atoms with E-state index in [1.54, 1.807) is 6.20 Å². The third-order valence-corrected chi connectivity index (χ3v) is 3.14. The van der Waals surface area contributed by atoms with E-state index in [-0.39, 0.29) is 6.03 Å². The van der Waals surface area contributed by atoms with Crippen LogP contribution in [0.4, 0.5) is 10.5 Å². The highest BCUT2D eigenvalue weighted by Gasteiger charge is 2.19. The molecule has 1 aliphatic carbocycles. The van der Waals surface area contributed by atoms with Crippen LogP contribution in [0.2, 0.25) is 0 Å². The molecule has 1 heterocycles. The summed E-state index contributed by atoms with van der Waals surface area (Å²) in [5, 5.41) is 13.6. The van der Waals surface area contributed by atoms with Crippen molar-refractivity contribution < 1.29 is 4.79 Å². The van der Waals surface area contributed by atoms with Gasteiger partial charge in [0, 0.05) is 17.1 Å². The number of hydrogen-bond donors (Lipinski definition) is 3. The van der Waals surface area contributed by atoms with E-state index in [9.17, 15) is 4.79 Å². The molecular formula is C12H14N4O. The lowest BCUT2D eigenvalue weighted by molar-refractivity contribution is 0.240. The summed E-state index contributed by atoms with van der Waals surface area (Å²) in [5.74, 6) is 0. The third-order valence-electron chi connectivity index (χ3n) is 3.14. The predicted molar refractivity (Wildman–Crippen MR) is 65.9 cm³/mol. The van der Waals surface area contributed by atoms with Gasteiger partial charge in [0.25, 0.3) is 0 Å². The molecule has 1 aromatic heterocycles.